The van der Waals surface area contributed by atoms with Crippen molar-refractivity contribution in [2.75, 3.05) is 11.9 Å². The number of rotatable bonds is 5. The molecule has 19 heavy (non-hydrogen) atoms. The number of hydrogen-bond acceptors (Lipinski definition) is 4. The smallest absolute Gasteiger partial charge is 0.131 e. The summed E-state index contributed by atoms with van der Waals surface area (Å²) < 4.78 is 0.620. The molecule has 5 heteroatoms. The molecule has 1 aromatic rings. The first-order chi connectivity index (χ1) is 9.22. The molecule has 0 aliphatic heterocycles. The van der Waals surface area contributed by atoms with Crippen molar-refractivity contribution in [1.29, 1.82) is 0 Å². The van der Waals surface area contributed by atoms with Crippen LogP contribution >= 0.6 is 12.2 Å². The molecule has 4 nitrogen and oxygen atoms in total. The Hall–Kier alpha value is -0.940. The molecule has 106 valence electrons. The van der Waals surface area contributed by atoms with Crippen molar-refractivity contribution in [2.24, 2.45) is 0 Å². The van der Waals surface area contributed by atoms with Gasteiger partial charge in [-0.25, -0.2) is 4.98 Å². The highest BCUT2D eigenvalue weighted by molar-refractivity contribution is 7.71. The second kappa shape index (κ2) is 7.01. The molecule has 0 bridgehead atoms. The van der Waals surface area contributed by atoms with E-state index < -0.39 is 0 Å². The van der Waals surface area contributed by atoms with E-state index >= 15 is 0 Å². The molecule has 1 heterocycles. The zero-order chi connectivity index (χ0) is 13.7. The van der Waals surface area contributed by atoms with Gasteiger partial charge in [0, 0.05) is 12.0 Å². The van der Waals surface area contributed by atoms with Crippen LogP contribution in [0.3, 0.4) is 0 Å². The highest BCUT2D eigenvalue weighted by atomic mass is 32.1. The standard InChI is InChI=1S/C14H23N3OS/c1-2-11(9-18)15-12-8-13(19)17-14(16-12)10-6-4-3-5-7-10/h8,10-11,18H,2-7,9H2,1H3,(H2,15,16,17,19). The van der Waals surface area contributed by atoms with Crippen LogP contribution in [0, 0.1) is 4.64 Å². The van der Waals surface area contributed by atoms with Gasteiger partial charge in [0.05, 0.1) is 12.6 Å². The molecule has 1 unspecified atom stereocenters. The zero-order valence-electron chi connectivity index (χ0n) is 11.5. The van der Waals surface area contributed by atoms with Crippen molar-refractivity contribution in [3.8, 4) is 0 Å². The molecule has 1 atom stereocenters. The Labute approximate surface area is 119 Å². The Kier molecular flexibility index (Phi) is 5.34. The molecule has 1 aromatic heterocycles. The number of aliphatic hydroxyl groups excluding tert-OH is 1. The lowest BCUT2D eigenvalue weighted by Gasteiger charge is -2.22. The van der Waals surface area contributed by atoms with Gasteiger partial charge in [0.25, 0.3) is 0 Å². The average Bonchev–Trinajstić information content (AvgIpc) is 2.45. The summed E-state index contributed by atoms with van der Waals surface area (Å²) in [6.45, 7) is 2.17. The topological polar surface area (TPSA) is 60.9 Å². The van der Waals surface area contributed by atoms with E-state index in [0.717, 1.165) is 18.1 Å². The lowest BCUT2D eigenvalue weighted by atomic mass is 9.89. The summed E-state index contributed by atoms with van der Waals surface area (Å²) in [6, 6.07) is 1.90. The molecule has 0 aromatic carbocycles. The van der Waals surface area contributed by atoms with Crippen LogP contribution in [0.4, 0.5) is 5.82 Å². The molecule has 1 aliphatic rings. The Morgan fingerprint density at radius 1 is 1.47 bits per heavy atom. The summed E-state index contributed by atoms with van der Waals surface area (Å²) in [5, 5.41) is 12.5. The van der Waals surface area contributed by atoms with E-state index in [1.165, 1.54) is 32.1 Å². The van der Waals surface area contributed by atoms with Crippen molar-refractivity contribution in [3.05, 3.63) is 16.5 Å². The number of aliphatic hydroxyl groups is 1. The van der Waals surface area contributed by atoms with Crippen molar-refractivity contribution < 1.29 is 5.11 Å². The molecule has 3 N–H and O–H groups in total. The predicted octanol–water partition coefficient (Wildman–Crippen LogP) is 3.37. The third-order valence-corrected chi connectivity index (χ3v) is 4.04. The van der Waals surface area contributed by atoms with Gasteiger partial charge in [-0.15, -0.1) is 0 Å². The molecule has 1 saturated carbocycles. The number of aromatic nitrogens is 2. The van der Waals surface area contributed by atoms with E-state index in [0.29, 0.717) is 10.6 Å². The highest BCUT2D eigenvalue weighted by Crippen LogP contribution is 2.31. The van der Waals surface area contributed by atoms with E-state index in [-0.39, 0.29) is 12.6 Å². The Morgan fingerprint density at radius 3 is 2.84 bits per heavy atom. The van der Waals surface area contributed by atoms with Crippen molar-refractivity contribution in [1.82, 2.24) is 9.97 Å². The van der Waals surface area contributed by atoms with Gasteiger partial charge in [0.15, 0.2) is 0 Å². The van der Waals surface area contributed by atoms with Crippen LogP contribution in [0.25, 0.3) is 0 Å². The summed E-state index contributed by atoms with van der Waals surface area (Å²) >= 11 is 5.25. The molecule has 1 fully saturated rings. The van der Waals surface area contributed by atoms with E-state index in [1.807, 2.05) is 13.0 Å². The Bertz CT molecular complexity index is 450. The number of nitrogens with zero attached hydrogens (tertiary/aromatic N) is 1. The SMILES string of the molecule is CCC(CO)Nc1cc(=S)nc(C2CCCCC2)[nH]1. The van der Waals surface area contributed by atoms with E-state index in [9.17, 15) is 5.11 Å². The number of aromatic amines is 1. The summed E-state index contributed by atoms with van der Waals surface area (Å²) in [5.41, 5.74) is 0. The minimum absolute atomic E-state index is 0.0623. The first-order valence-electron chi connectivity index (χ1n) is 7.21. The molecule has 2 rings (SSSR count). The summed E-state index contributed by atoms with van der Waals surface area (Å²) in [5.74, 6) is 2.38. The van der Waals surface area contributed by atoms with Crippen LogP contribution in [-0.2, 0) is 0 Å². The van der Waals surface area contributed by atoms with Gasteiger partial charge >= 0.3 is 0 Å². The summed E-state index contributed by atoms with van der Waals surface area (Å²) in [4.78, 5) is 7.83. The third kappa shape index (κ3) is 4.01. The van der Waals surface area contributed by atoms with Crippen LogP contribution < -0.4 is 5.32 Å². The van der Waals surface area contributed by atoms with Gasteiger partial charge < -0.3 is 15.4 Å². The minimum atomic E-state index is 0.0623. The van der Waals surface area contributed by atoms with Crippen molar-refractivity contribution in [3.63, 3.8) is 0 Å². The van der Waals surface area contributed by atoms with Crippen molar-refractivity contribution in [2.45, 2.75) is 57.4 Å². The van der Waals surface area contributed by atoms with Crippen LogP contribution in [0.2, 0.25) is 0 Å². The summed E-state index contributed by atoms with van der Waals surface area (Å²) in [6.07, 6.45) is 7.14. The second-order valence-electron chi connectivity index (χ2n) is 5.29. The van der Waals surface area contributed by atoms with E-state index in [2.05, 4.69) is 15.3 Å². The normalized spacial score (nSPS) is 18.2. The van der Waals surface area contributed by atoms with E-state index in [1.54, 1.807) is 0 Å². The maximum absolute atomic E-state index is 9.26. The molecule has 0 saturated heterocycles. The lowest BCUT2D eigenvalue weighted by molar-refractivity contribution is 0.271. The second-order valence-corrected chi connectivity index (χ2v) is 5.70. The molecule has 0 radical (unpaired) electrons. The van der Waals surface area contributed by atoms with Crippen LogP contribution in [-0.4, -0.2) is 27.7 Å². The van der Waals surface area contributed by atoms with Gasteiger partial charge in [-0.05, 0) is 19.3 Å². The maximum atomic E-state index is 9.26. The first kappa shape index (κ1) is 14.5. The molecule has 1 aliphatic carbocycles. The van der Waals surface area contributed by atoms with Crippen LogP contribution in [0.15, 0.2) is 6.07 Å². The quantitative estimate of drug-likeness (QED) is 0.724. The zero-order valence-corrected chi connectivity index (χ0v) is 12.3. The molecular formula is C14H23N3OS. The molecular weight excluding hydrogens is 258 g/mol. The van der Waals surface area contributed by atoms with Gasteiger partial charge in [0.1, 0.15) is 16.3 Å². The van der Waals surface area contributed by atoms with Gasteiger partial charge in [-0.1, -0.05) is 38.4 Å². The van der Waals surface area contributed by atoms with Crippen molar-refractivity contribution >= 4 is 18.0 Å². The fourth-order valence-electron chi connectivity index (χ4n) is 2.62. The Balaban J connectivity index is 2.16. The predicted molar refractivity (Wildman–Crippen MR) is 80.0 cm³/mol. The maximum Gasteiger partial charge on any atom is 0.131 e. The monoisotopic (exact) mass is 281 g/mol. The van der Waals surface area contributed by atoms with Crippen LogP contribution in [0.1, 0.15) is 57.2 Å². The number of hydrogen-bond donors (Lipinski definition) is 3. The first-order valence-corrected chi connectivity index (χ1v) is 7.62. The van der Waals surface area contributed by atoms with Gasteiger partial charge in [0.2, 0.25) is 0 Å². The van der Waals surface area contributed by atoms with Crippen LogP contribution in [0.5, 0.6) is 0 Å². The highest BCUT2D eigenvalue weighted by Gasteiger charge is 2.18. The van der Waals surface area contributed by atoms with E-state index in [4.69, 9.17) is 12.2 Å². The molecule has 0 amide bonds. The lowest BCUT2D eigenvalue weighted by Crippen LogP contribution is -2.23. The fraction of sp³-hybridized carbons (Fsp3) is 0.714. The van der Waals surface area contributed by atoms with Gasteiger partial charge in [-0.3, -0.25) is 0 Å². The molecule has 0 spiro atoms. The third-order valence-electron chi connectivity index (χ3n) is 3.83. The minimum Gasteiger partial charge on any atom is -0.394 e. The fourth-order valence-corrected chi connectivity index (χ4v) is 2.84. The average molecular weight is 281 g/mol. The number of nitrogens with one attached hydrogen (secondary N) is 2. The summed E-state index contributed by atoms with van der Waals surface area (Å²) in [7, 11) is 0. The Morgan fingerprint density at radius 2 is 2.21 bits per heavy atom. The number of H-pyrrole nitrogens is 1. The van der Waals surface area contributed by atoms with Gasteiger partial charge in [-0.2, -0.15) is 0 Å². The largest absolute Gasteiger partial charge is 0.394 e. The number of anilines is 1.